The van der Waals surface area contributed by atoms with Gasteiger partial charge >= 0.3 is 18.0 Å². The fourth-order valence-electron chi connectivity index (χ4n) is 4.12. The quantitative estimate of drug-likeness (QED) is 0.0708. The Balaban J connectivity index is 1.78. The summed E-state index contributed by atoms with van der Waals surface area (Å²) in [5.41, 5.74) is 0.450. The van der Waals surface area contributed by atoms with E-state index >= 15 is 0 Å². The van der Waals surface area contributed by atoms with Crippen LogP contribution in [0, 0.1) is 11.6 Å². The Bertz CT molecular complexity index is 1180. The van der Waals surface area contributed by atoms with Crippen LogP contribution < -0.4 is 4.74 Å². The molecule has 230 valence electrons. The number of unbranched alkanes of at least 4 members (excludes halogenated alkanes) is 6. The van der Waals surface area contributed by atoms with Crippen molar-refractivity contribution in [2.45, 2.75) is 84.2 Å². The van der Waals surface area contributed by atoms with Crippen LogP contribution in [0.15, 0.2) is 60.7 Å². The molecule has 2 aromatic rings. The summed E-state index contributed by atoms with van der Waals surface area (Å²) < 4.78 is 73.6. The third kappa shape index (κ3) is 12.1. The number of ether oxygens (including phenoxy) is 3. The highest BCUT2D eigenvalue weighted by Crippen LogP contribution is 2.35. The minimum atomic E-state index is -4.21. The highest BCUT2D eigenvalue weighted by atomic mass is 19.3. The van der Waals surface area contributed by atoms with Gasteiger partial charge < -0.3 is 14.2 Å². The Morgan fingerprint density at radius 1 is 0.690 bits per heavy atom. The van der Waals surface area contributed by atoms with E-state index < -0.39 is 35.2 Å². The van der Waals surface area contributed by atoms with Gasteiger partial charge in [0.2, 0.25) is 0 Å². The lowest BCUT2D eigenvalue weighted by Gasteiger charge is -2.20. The van der Waals surface area contributed by atoms with Crippen LogP contribution in [-0.4, -0.2) is 25.2 Å². The molecular weight excluding hydrogens is 552 g/mol. The molecule has 0 aromatic heterocycles. The zero-order valence-electron chi connectivity index (χ0n) is 24.4. The Kier molecular flexibility index (Phi) is 14.3. The van der Waals surface area contributed by atoms with E-state index in [0.717, 1.165) is 62.6 Å². The molecule has 2 rings (SSSR count). The molecule has 0 bridgehead atoms. The molecule has 0 heterocycles. The first-order chi connectivity index (χ1) is 19.9. The number of alkyl halides is 2. The molecule has 0 amide bonds. The highest BCUT2D eigenvalue weighted by molar-refractivity contribution is 5.87. The number of halogens is 4. The maximum Gasteiger partial charge on any atom is 0.432 e. The Hall–Kier alpha value is -3.62. The van der Waals surface area contributed by atoms with Crippen molar-refractivity contribution in [1.29, 1.82) is 0 Å². The maximum atomic E-state index is 14.8. The molecule has 9 heteroatoms. The third-order valence-corrected chi connectivity index (χ3v) is 6.45. The minimum absolute atomic E-state index is 0.208. The Labute approximate surface area is 245 Å². The van der Waals surface area contributed by atoms with Crippen molar-refractivity contribution < 1.29 is 41.4 Å². The molecular formula is C33H40F4O5. The molecule has 0 atom stereocenters. The molecule has 0 saturated heterocycles. The first-order valence-corrected chi connectivity index (χ1v) is 14.2. The fourth-order valence-corrected chi connectivity index (χ4v) is 4.12. The first-order valence-electron chi connectivity index (χ1n) is 14.2. The number of aryl methyl sites for hydroxylation is 2. The molecule has 0 saturated carbocycles. The Morgan fingerprint density at radius 3 is 1.57 bits per heavy atom. The molecule has 0 aliphatic heterocycles. The second-order valence-electron chi connectivity index (χ2n) is 10.4. The number of hydrogen-bond donors (Lipinski definition) is 0. The largest absolute Gasteiger partial charge is 0.462 e. The van der Waals surface area contributed by atoms with Gasteiger partial charge in [0.15, 0.2) is 0 Å². The third-order valence-electron chi connectivity index (χ3n) is 6.45. The zero-order chi connectivity index (χ0) is 31.1. The lowest BCUT2D eigenvalue weighted by molar-refractivity contribution is -0.189. The van der Waals surface area contributed by atoms with E-state index in [1.165, 1.54) is 12.1 Å². The second kappa shape index (κ2) is 17.4. The van der Waals surface area contributed by atoms with E-state index in [4.69, 9.17) is 14.2 Å². The zero-order valence-corrected chi connectivity index (χ0v) is 24.4. The van der Waals surface area contributed by atoms with Gasteiger partial charge in [-0.1, -0.05) is 51.0 Å². The van der Waals surface area contributed by atoms with Crippen molar-refractivity contribution in [2.75, 3.05) is 13.2 Å². The summed E-state index contributed by atoms with van der Waals surface area (Å²) in [6.07, 6.45) is 2.91. The number of hydrogen-bond acceptors (Lipinski definition) is 5. The van der Waals surface area contributed by atoms with Crippen molar-refractivity contribution in [3.05, 3.63) is 89.0 Å². The number of benzene rings is 2. The van der Waals surface area contributed by atoms with Crippen LogP contribution in [0.25, 0.3) is 0 Å². The van der Waals surface area contributed by atoms with Crippen molar-refractivity contribution in [3.63, 3.8) is 0 Å². The molecule has 0 aliphatic carbocycles. The molecule has 0 radical (unpaired) electrons. The van der Waals surface area contributed by atoms with E-state index in [0.29, 0.717) is 37.0 Å². The predicted octanol–water partition coefficient (Wildman–Crippen LogP) is 8.54. The minimum Gasteiger partial charge on any atom is -0.462 e. The molecule has 42 heavy (non-hydrogen) atoms. The molecule has 0 aliphatic rings. The van der Waals surface area contributed by atoms with Gasteiger partial charge in [-0.05, 0) is 87.8 Å². The van der Waals surface area contributed by atoms with Gasteiger partial charge in [-0.3, -0.25) is 0 Å². The van der Waals surface area contributed by atoms with Gasteiger partial charge in [-0.2, -0.15) is 8.78 Å². The lowest BCUT2D eigenvalue weighted by Crippen LogP contribution is -2.25. The molecule has 0 spiro atoms. The highest BCUT2D eigenvalue weighted by Gasteiger charge is 2.41. The van der Waals surface area contributed by atoms with E-state index in [2.05, 4.69) is 13.2 Å². The number of rotatable bonds is 19. The molecule has 0 N–H and O–H groups in total. The fraction of sp³-hybridized carbons (Fsp3) is 0.455. The van der Waals surface area contributed by atoms with Gasteiger partial charge in [-0.25, -0.2) is 18.4 Å². The summed E-state index contributed by atoms with van der Waals surface area (Å²) in [6, 6.07) is 7.81. The summed E-state index contributed by atoms with van der Waals surface area (Å²) in [5.74, 6) is -3.79. The lowest BCUT2D eigenvalue weighted by atomic mass is 10.0. The van der Waals surface area contributed by atoms with Gasteiger partial charge in [0.1, 0.15) is 22.9 Å². The molecule has 0 unspecified atom stereocenters. The standard InChI is InChI=1S/C33H40F4O5/c1-23(2)31(38)40-19-11-7-5-9-13-25-15-17-27(18-16-25)42-33(36,37)30-28(34)21-26(22-29(30)35)14-10-6-8-12-20-41-32(39)24(3)4/h15-18,21-22H,1,3,5-14,19-20H2,2,4H3. The van der Waals surface area contributed by atoms with Crippen LogP contribution in [0.4, 0.5) is 17.6 Å². The van der Waals surface area contributed by atoms with Crippen LogP contribution in [0.3, 0.4) is 0 Å². The SMILES string of the molecule is C=C(C)C(=O)OCCCCCCc1ccc(OC(F)(F)c2c(F)cc(CCCCCCOC(=O)C(=C)C)cc2F)cc1. The van der Waals surface area contributed by atoms with Crippen LogP contribution >= 0.6 is 0 Å². The first kappa shape index (κ1) is 34.6. The van der Waals surface area contributed by atoms with E-state index in [9.17, 15) is 27.2 Å². The molecule has 2 aromatic carbocycles. The summed E-state index contributed by atoms with van der Waals surface area (Å²) in [7, 11) is 0. The van der Waals surface area contributed by atoms with Gasteiger partial charge in [0, 0.05) is 11.1 Å². The average molecular weight is 593 g/mol. The topological polar surface area (TPSA) is 61.8 Å². The van der Waals surface area contributed by atoms with Crippen LogP contribution in [0.5, 0.6) is 5.75 Å². The van der Waals surface area contributed by atoms with E-state index in [-0.39, 0.29) is 17.9 Å². The van der Waals surface area contributed by atoms with Gasteiger partial charge in [0.05, 0.1) is 13.2 Å². The average Bonchev–Trinajstić information content (AvgIpc) is 2.91. The summed E-state index contributed by atoms with van der Waals surface area (Å²) in [4.78, 5) is 22.6. The van der Waals surface area contributed by atoms with Crippen LogP contribution in [0.2, 0.25) is 0 Å². The Morgan fingerprint density at radius 2 is 1.12 bits per heavy atom. The van der Waals surface area contributed by atoms with E-state index in [1.807, 2.05) is 0 Å². The summed E-state index contributed by atoms with van der Waals surface area (Å²) >= 11 is 0. The predicted molar refractivity (Wildman–Crippen MR) is 153 cm³/mol. The van der Waals surface area contributed by atoms with Crippen LogP contribution in [0.1, 0.15) is 81.9 Å². The van der Waals surface area contributed by atoms with E-state index in [1.54, 1.807) is 26.0 Å². The number of carbonyl (C=O) groups is 2. The van der Waals surface area contributed by atoms with Crippen molar-refractivity contribution in [3.8, 4) is 5.75 Å². The maximum absolute atomic E-state index is 14.8. The second-order valence-corrected chi connectivity index (χ2v) is 10.4. The smallest absolute Gasteiger partial charge is 0.432 e. The normalized spacial score (nSPS) is 11.2. The summed E-state index contributed by atoms with van der Waals surface area (Å²) in [6.45, 7) is 10.8. The van der Waals surface area contributed by atoms with Gasteiger partial charge in [0.25, 0.3) is 0 Å². The summed E-state index contributed by atoms with van der Waals surface area (Å²) in [5, 5.41) is 0. The van der Waals surface area contributed by atoms with Crippen molar-refractivity contribution in [2.24, 2.45) is 0 Å². The van der Waals surface area contributed by atoms with Crippen molar-refractivity contribution >= 4 is 11.9 Å². The monoisotopic (exact) mass is 592 g/mol. The van der Waals surface area contributed by atoms with Crippen molar-refractivity contribution in [1.82, 2.24) is 0 Å². The number of carbonyl (C=O) groups excluding carboxylic acids is 2. The number of esters is 2. The molecule has 0 fully saturated rings. The van der Waals surface area contributed by atoms with Gasteiger partial charge in [-0.15, -0.1) is 0 Å². The van der Waals surface area contributed by atoms with Crippen LogP contribution in [-0.2, 0) is 38.0 Å². The molecule has 5 nitrogen and oxygen atoms in total.